The Hall–Kier alpha value is -6.42. The third-order valence-electron chi connectivity index (χ3n) is 10.0. The number of rotatable bonds is 8. The van der Waals surface area contributed by atoms with Gasteiger partial charge in [0.05, 0.1) is 0 Å². The van der Waals surface area contributed by atoms with Crippen molar-refractivity contribution in [3.05, 3.63) is 212 Å². The van der Waals surface area contributed by atoms with Crippen LogP contribution in [0.5, 0.6) is 0 Å². The minimum Gasteiger partial charge on any atom is -0.455 e. The molecular weight excluding hydrogens is 635 g/mol. The first kappa shape index (κ1) is 30.6. The summed E-state index contributed by atoms with van der Waals surface area (Å²) in [5.74, 6) is 0. The highest BCUT2D eigenvalue weighted by atomic mass is 28.3. The summed E-state index contributed by atoms with van der Waals surface area (Å²) in [5, 5.41) is 7.72. The molecule has 2 nitrogen and oxygen atoms in total. The maximum absolute atomic E-state index is 6.38. The Morgan fingerprint density at radius 2 is 0.765 bits per heavy atom. The van der Waals surface area contributed by atoms with E-state index >= 15 is 0 Å². The Labute approximate surface area is 299 Å². The summed E-state index contributed by atoms with van der Waals surface area (Å²) >= 11 is 0. The van der Waals surface area contributed by atoms with Crippen molar-refractivity contribution in [1.82, 2.24) is 0 Å². The van der Waals surface area contributed by atoms with Crippen LogP contribution in [0.25, 0.3) is 33.1 Å². The van der Waals surface area contributed by atoms with Gasteiger partial charge < -0.3 is 9.32 Å². The molecule has 0 saturated carbocycles. The first-order valence-corrected chi connectivity index (χ1v) is 19.4. The van der Waals surface area contributed by atoms with Crippen molar-refractivity contribution in [2.45, 2.75) is 0 Å². The second kappa shape index (κ2) is 13.1. The number of nitrogens with zero attached hydrogens (tertiary/aromatic N) is 1. The van der Waals surface area contributed by atoms with Crippen molar-refractivity contribution >= 4 is 67.8 Å². The van der Waals surface area contributed by atoms with Crippen LogP contribution >= 0.6 is 0 Å². The summed E-state index contributed by atoms with van der Waals surface area (Å²) in [6, 6.07) is 76.7. The molecule has 0 aliphatic rings. The molecule has 1 heterocycles. The van der Waals surface area contributed by atoms with E-state index in [0.29, 0.717) is 0 Å². The fourth-order valence-electron chi connectivity index (χ4n) is 7.71. The summed E-state index contributed by atoms with van der Waals surface area (Å²) < 4.78 is 6.38. The van der Waals surface area contributed by atoms with Crippen LogP contribution < -0.4 is 25.6 Å². The zero-order valence-electron chi connectivity index (χ0n) is 28.1. The molecule has 0 amide bonds. The minimum atomic E-state index is -2.62. The molecule has 0 atom stereocenters. The summed E-state index contributed by atoms with van der Waals surface area (Å²) in [7, 11) is -2.62. The van der Waals surface area contributed by atoms with Crippen molar-refractivity contribution in [2.75, 3.05) is 4.90 Å². The van der Waals surface area contributed by atoms with Crippen LogP contribution in [0, 0.1) is 0 Å². The Morgan fingerprint density at radius 1 is 0.333 bits per heavy atom. The lowest BCUT2D eigenvalue weighted by Gasteiger charge is -2.35. The van der Waals surface area contributed by atoms with Gasteiger partial charge in [0, 0.05) is 33.4 Å². The second-order valence-electron chi connectivity index (χ2n) is 12.9. The van der Waals surface area contributed by atoms with Crippen molar-refractivity contribution in [3.8, 4) is 11.1 Å². The van der Waals surface area contributed by atoms with E-state index in [9.17, 15) is 0 Å². The maximum Gasteiger partial charge on any atom is 0.179 e. The van der Waals surface area contributed by atoms with Gasteiger partial charge in [-0.3, -0.25) is 0 Å². The lowest BCUT2D eigenvalue weighted by Crippen LogP contribution is -2.74. The SMILES string of the molecule is c1ccc(N(c2ccc(-c3cccc4c3oc3ccccc34)cc2)c2ccc([Si](c3ccccc3)(c3ccccc3)c3ccccc3)cc2)cc1. The first-order chi connectivity index (χ1) is 25.3. The fourth-order valence-corrected chi connectivity index (χ4v) is 12.5. The smallest absolute Gasteiger partial charge is 0.179 e. The highest BCUT2D eigenvalue weighted by Gasteiger charge is 2.41. The van der Waals surface area contributed by atoms with Gasteiger partial charge in [0.15, 0.2) is 8.07 Å². The van der Waals surface area contributed by atoms with Crippen molar-refractivity contribution < 1.29 is 4.42 Å². The van der Waals surface area contributed by atoms with Crippen LogP contribution in [0.1, 0.15) is 0 Å². The molecule has 0 aliphatic carbocycles. The number of anilines is 3. The van der Waals surface area contributed by atoms with Crippen LogP contribution in [-0.2, 0) is 0 Å². The van der Waals surface area contributed by atoms with Crippen LogP contribution in [0.3, 0.4) is 0 Å². The van der Waals surface area contributed by atoms with Gasteiger partial charge in [0.2, 0.25) is 0 Å². The van der Waals surface area contributed by atoms with Gasteiger partial charge in [-0.05, 0) is 68.8 Å². The Balaban J connectivity index is 1.16. The van der Waals surface area contributed by atoms with Gasteiger partial charge >= 0.3 is 0 Å². The highest BCUT2D eigenvalue weighted by Crippen LogP contribution is 2.38. The predicted octanol–water partition coefficient (Wildman–Crippen LogP) is 10.1. The van der Waals surface area contributed by atoms with Gasteiger partial charge in [0.1, 0.15) is 11.2 Å². The molecule has 1 aromatic heterocycles. The number of hydrogen-bond donors (Lipinski definition) is 0. The number of hydrogen-bond acceptors (Lipinski definition) is 2. The summed E-state index contributed by atoms with van der Waals surface area (Å²) in [6.45, 7) is 0. The van der Waals surface area contributed by atoms with E-state index in [0.717, 1.165) is 50.1 Å². The minimum absolute atomic E-state index is 0.911. The van der Waals surface area contributed by atoms with E-state index in [-0.39, 0.29) is 0 Å². The number of furan rings is 1. The monoisotopic (exact) mass is 669 g/mol. The van der Waals surface area contributed by atoms with Crippen molar-refractivity contribution in [1.29, 1.82) is 0 Å². The van der Waals surface area contributed by atoms with E-state index < -0.39 is 8.07 Å². The predicted molar refractivity (Wildman–Crippen MR) is 217 cm³/mol. The molecule has 0 fully saturated rings. The maximum atomic E-state index is 6.38. The molecule has 0 N–H and O–H groups in total. The van der Waals surface area contributed by atoms with Crippen LogP contribution in [0.2, 0.25) is 0 Å². The standard InChI is InChI=1S/C48H35NOSi/c1-5-16-37(17-6-1)49(38-30-28-36(29-31-38)44-25-15-26-46-45-24-13-14-27-47(45)50-48(44)46)39-32-34-43(35-33-39)51(40-18-7-2-8-19-40,41-20-9-3-10-21-41)42-22-11-4-12-23-42/h1-35H. The van der Waals surface area contributed by atoms with Gasteiger partial charge in [-0.1, -0.05) is 170 Å². The second-order valence-corrected chi connectivity index (χ2v) is 16.7. The fraction of sp³-hybridized carbons (Fsp3) is 0. The van der Waals surface area contributed by atoms with E-state index in [2.05, 4.69) is 205 Å². The molecule has 0 unspecified atom stereocenters. The van der Waals surface area contributed by atoms with E-state index in [1.165, 1.54) is 20.7 Å². The molecule has 51 heavy (non-hydrogen) atoms. The average Bonchev–Trinajstić information content (AvgIpc) is 3.60. The van der Waals surface area contributed by atoms with Gasteiger partial charge in [-0.2, -0.15) is 0 Å². The van der Waals surface area contributed by atoms with Crippen LogP contribution in [0.4, 0.5) is 17.1 Å². The van der Waals surface area contributed by atoms with Gasteiger partial charge in [0.25, 0.3) is 0 Å². The van der Waals surface area contributed by atoms with Gasteiger partial charge in [-0.25, -0.2) is 0 Å². The summed E-state index contributed by atoms with van der Waals surface area (Å²) in [4.78, 5) is 2.34. The van der Waals surface area contributed by atoms with E-state index in [1.807, 2.05) is 12.1 Å². The van der Waals surface area contributed by atoms with E-state index in [1.54, 1.807) is 0 Å². The quantitative estimate of drug-likeness (QED) is 0.118. The molecule has 242 valence electrons. The lowest BCUT2D eigenvalue weighted by molar-refractivity contribution is 0.670. The third-order valence-corrected chi connectivity index (χ3v) is 14.8. The molecule has 0 radical (unpaired) electrons. The third kappa shape index (κ3) is 5.36. The van der Waals surface area contributed by atoms with Crippen LogP contribution in [0.15, 0.2) is 217 Å². The lowest BCUT2D eigenvalue weighted by atomic mass is 10.0. The molecule has 9 aromatic rings. The highest BCUT2D eigenvalue weighted by molar-refractivity contribution is 7.19. The topological polar surface area (TPSA) is 16.4 Å². The Kier molecular flexibility index (Phi) is 7.88. The van der Waals surface area contributed by atoms with Crippen LogP contribution in [-0.4, -0.2) is 8.07 Å². The molecule has 3 heteroatoms. The molecular formula is C48H35NOSi. The molecule has 0 aliphatic heterocycles. The Morgan fingerprint density at radius 3 is 1.33 bits per heavy atom. The van der Waals surface area contributed by atoms with Gasteiger partial charge in [-0.15, -0.1) is 0 Å². The zero-order chi connectivity index (χ0) is 34.0. The molecule has 0 spiro atoms. The van der Waals surface area contributed by atoms with E-state index in [4.69, 9.17) is 4.42 Å². The number of benzene rings is 8. The molecule has 9 rings (SSSR count). The zero-order valence-corrected chi connectivity index (χ0v) is 29.1. The molecule has 8 aromatic carbocycles. The Bertz CT molecular complexity index is 2450. The van der Waals surface area contributed by atoms with Crippen molar-refractivity contribution in [2.24, 2.45) is 0 Å². The average molecular weight is 670 g/mol. The largest absolute Gasteiger partial charge is 0.455 e. The summed E-state index contributed by atoms with van der Waals surface area (Å²) in [5.41, 5.74) is 7.35. The molecule has 0 saturated heterocycles. The summed E-state index contributed by atoms with van der Waals surface area (Å²) in [6.07, 6.45) is 0. The normalized spacial score (nSPS) is 11.5. The molecule has 0 bridgehead atoms. The number of para-hydroxylation sites is 3. The first-order valence-electron chi connectivity index (χ1n) is 17.4. The van der Waals surface area contributed by atoms with Crippen molar-refractivity contribution in [3.63, 3.8) is 0 Å². The number of fused-ring (bicyclic) bond motifs is 3.